The molecular formula is C23H20N4O3S. The molecule has 1 unspecified atom stereocenters. The van der Waals surface area contributed by atoms with Crippen LogP contribution in [-0.4, -0.2) is 33.5 Å². The third-order valence-electron chi connectivity index (χ3n) is 5.33. The lowest BCUT2D eigenvalue weighted by Gasteiger charge is -2.36. The molecule has 0 bridgehead atoms. The summed E-state index contributed by atoms with van der Waals surface area (Å²) in [4.78, 5) is 6.68. The highest BCUT2D eigenvalue weighted by Gasteiger charge is 2.33. The quantitative estimate of drug-likeness (QED) is 0.472. The molecule has 0 aliphatic carbocycles. The van der Waals surface area contributed by atoms with E-state index in [1.807, 2.05) is 66.4 Å². The number of benzene rings is 2. The molecule has 0 radical (unpaired) electrons. The Morgan fingerprint density at radius 3 is 2.81 bits per heavy atom. The zero-order valence-corrected chi connectivity index (χ0v) is 17.7. The summed E-state index contributed by atoms with van der Waals surface area (Å²) in [6.07, 6.45) is 1.81. The summed E-state index contributed by atoms with van der Waals surface area (Å²) in [6, 6.07) is 15.4. The van der Waals surface area contributed by atoms with E-state index in [1.165, 1.54) is 0 Å². The fraction of sp³-hybridized carbons (Fsp3) is 0.174. The number of ether oxygens (including phenoxy) is 2. The first-order valence-electron chi connectivity index (χ1n) is 9.84. The van der Waals surface area contributed by atoms with Crippen molar-refractivity contribution in [2.45, 2.75) is 13.0 Å². The molecule has 3 aromatic rings. The standard InChI is InChI=1S/C23H20N4O3S/c1-3-11-27-14(2)19(20(24-23(27)31)15-7-5-4-6-8-15)22-25-21(26-30-22)16-9-10-17-18(12-16)29-13-28-17/h3-10,12,20H,1,11,13H2,2H3,(H,24,31). The Balaban J connectivity index is 1.58. The van der Waals surface area contributed by atoms with Gasteiger partial charge in [0, 0.05) is 17.8 Å². The molecule has 3 heterocycles. The molecule has 0 fully saturated rings. The van der Waals surface area contributed by atoms with Gasteiger partial charge in [-0.3, -0.25) is 0 Å². The number of hydrogen-bond acceptors (Lipinski definition) is 6. The topological polar surface area (TPSA) is 72.7 Å². The molecule has 1 aromatic heterocycles. The number of nitrogens with zero attached hydrogens (tertiary/aromatic N) is 3. The SMILES string of the molecule is C=CCN1C(=S)NC(c2ccccc2)C(c2nc(-c3ccc4c(c3)OCO4)no2)=C1C. The lowest BCUT2D eigenvalue weighted by atomic mass is 9.95. The first-order valence-corrected chi connectivity index (χ1v) is 10.3. The van der Waals surface area contributed by atoms with E-state index in [2.05, 4.69) is 17.1 Å². The molecule has 31 heavy (non-hydrogen) atoms. The first-order chi connectivity index (χ1) is 15.2. The van der Waals surface area contributed by atoms with Gasteiger partial charge in [0.15, 0.2) is 16.6 Å². The van der Waals surface area contributed by atoms with Crippen LogP contribution in [0.15, 0.2) is 71.4 Å². The van der Waals surface area contributed by atoms with Crippen LogP contribution in [-0.2, 0) is 0 Å². The van der Waals surface area contributed by atoms with Crippen molar-refractivity contribution in [1.82, 2.24) is 20.4 Å². The minimum absolute atomic E-state index is 0.209. The van der Waals surface area contributed by atoms with Gasteiger partial charge in [-0.05, 0) is 42.9 Å². The Morgan fingerprint density at radius 1 is 1.19 bits per heavy atom. The van der Waals surface area contributed by atoms with E-state index in [1.54, 1.807) is 0 Å². The van der Waals surface area contributed by atoms with Crippen LogP contribution in [0.3, 0.4) is 0 Å². The molecule has 156 valence electrons. The largest absolute Gasteiger partial charge is 0.454 e. The number of fused-ring (bicyclic) bond motifs is 1. The average Bonchev–Trinajstić information content (AvgIpc) is 3.46. The maximum absolute atomic E-state index is 5.73. The van der Waals surface area contributed by atoms with Gasteiger partial charge in [0.1, 0.15) is 0 Å². The molecule has 0 amide bonds. The van der Waals surface area contributed by atoms with Crippen LogP contribution in [0.25, 0.3) is 17.0 Å². The highest BCUT2D eigenvalue weighted by Crippen LogP contribution is 2.39. The summed E-state index contributed by atoms with van der Waals surface area (Å²) in [6.45, 7) is 6.64. The summed E-state index contributed by atoms with van der Waals surface area (Å²) in [5.41, 5.74) is 3.66. The minimum Gasteiger partial charge on any atom is -0.454 e. The third-order valence-corrected chi connectivity index (χ3v) is 5.67. The van der Waals surface area contributed by atoms with Crippen LogP contribution in [0.1, 0.15) is 24.4 Å². The molecule has 1 atom stereocenters. The molecule has 2 aliphatic heterocycles. The zero-order valence-electron chi connectivity index (χ0n) is 16.9. The van der Waals surface area contributed by atoms with Crippen LogP contribution < -0.4 is 14.8 Å². The Labute approximate surface area is 185 Å². The van der Waals surface area contributed by atoms with Crippen LogP contribution in [0.2, 0.25) is 0 Å². The van der Waals surface area contributed by atoms with E-state index in [4.69, 9.17) is 31.2 Å². The predicted octanol–water partition coefficient (Wildman–Crippen LogP) is 4.31. The molecule has 1 N–H and O–H groups in total. The summed E-state index contributed by atoms with van der Waals surface area (Å²) >= 11 is 5.62. The highest BCUT2D eigenvalue weighted by molar-refractivity contribution is 7.80. The average molecular weight is 433 g/mol. The first kappa shape index (κ1) is 19.3. The number of hydrogen-bond donors (Lipinski definition) is 1. The maximum Gasteiger partial charge on any atom is 0.258 e. The Hall–Kier alpha value is -3.65. The number of allylic oxidation sites excluding steroid dienone is 1. The Kier molecular flexibility index (Phi) is 4.91. The molecule has 0 saturated heterocycles. The number of rotatable bonds is 5. The van der Waals surface area contributed by atoms with E-state index >= 15 is 0 Å². The Bertz CT molecular complexity index is 1190. The van der Waals surface area contributed by atoms with Crippen molar-refractivity contribution in [3.05, 3.63) is 78.3 Å². The highest BCUT2D eigenvalue weighted by atomic mass is 32.1. The van der Waals surface area contributed by atoms with Gasteiger partial charge in [-0.25, -0.2) is 0 Å². The van der Waals surface area contributed by atoms with Gasteiger partial charge in [0.05, 0.1) is 11.6 Å². The Morgan fingerprint density at radius 2 is 2.00 bits per heavy atom. The van der Waals surface area contributed by atoms with Gasteiger partial charge in [-0.1, -0.05) is 41.6 Å². The molecule has 0 spiro atoms. The smallest absolute Gasteiger partial charge is 0.258 e. The van der Waals surface area contributed by atoms with Crippen molar-refractivity contribution in [2.75, 3.05) is 13.3 Å². The number of nitrogens with one attached hydrogen (secondary N) is 1. The second-order valence-electron chi connectivity index (χ2n) is 7.18. The number of aromatic nitrogens is 2. The van der Waals surface area contributed by atoms with E-state index in [9.17, 15) is 0 Å². The van der Waals surface area contributed by atoms with Crippen molar-refractivity contribution in [2.24, 2.45) is 0 Å². The fourth-order valence-corrected chi connectivity index (χ4v) is 4.12. The van der Waals surface area contributed by atoms with Gasteiger partial charge >= 0.3 is 0 Å². The third kappa shape index (κ3) is 3.44. The van der Waals surface area contributed by atoms with Gasteiger partial charge in [-0.15, -0.1) is 6.58 Å². The lowest BCUT2D eigenvalue weighted by molar-refractivity contribution is 0.174. The molecule has 5 rings (SSSR count). The fourth-order valence-electron chi connectivity index (χ4n) is 3.79. The zero-order chi connectivity index (χ0) is 21.4. The lowest BCUT2D eigenvalue weighted by Crippen LogP contribution is -2.45. The van der Waals surface area contributed by atoms with E-state index in [0.717, 1.165) is 22.4 Å². The second kappa shape index (κ2) is 7.88. The molecular weight excluding hydrogens is 412 g/mol. The van der Waals surface area contributed by atoms with Gasteiger partial charge in [0.2, 0.25) is 12.6 Å². The summed E-state index contributed by atoms with van der Waals surface area (Å²) < 4.78 is 16.6. The van der Waals surface area contributed by atoms with E-state index < -0.39 is 0 Å². The van der Waals surface area contributed by atoms with Crippen molar-refractivity contribution in [1.29, 1.82) is 0 Å². The van der Waals surface area contributed by atoms with E-state index in [-0.39, 0.29) is 12.8 Å². The van der Waals surface area contributed by atoms with Crippen LogP contribution in [0, 0.1) is 0 Å². The molecule has 7 nitrogen and oxygen atoms in total. The molecule has 2 aromatic carbocycles. The predicted molar refractivity (Wildman–Crippen MR) is 120 cm³/mol. The van der Waals surface area contributed by atoms with Gasteiger partial charge in [0.25, 0.3) is 5.89 Å². The van der Waals surface area contributed by atoms with Crippen molar-refractivity contribution < 1.29 is 14.0 Å². The minimum atomic E-state index is -0.209. The molecule has 0 saturated carbocycles. The van der Waals surface area contributed by atoms with Crippen LogP contribution >= 0.6 is 12.2 Å². The van der Waals surface area contributed by atoms with Crippen LogP contribution in [0.5, 0.6) is 11.5 Å². The normalized spacial score (nSPS) is 17.6. The number of thiocarbonyl (C=S) groups is 1. The van der Waals surface area contributed by atoms with E-state index in [0.29, 0.717) is 34.9 Å². The van der Waals surface area contributed by atoms with Crippen molar-refractivity contribution in [3.8, 4) is 22.9 Å². The monoisotopic (exact) mass is 432 g/mol. The summed E-state index contributed by atoms with van der Waals surface area (Å²) in [7, 11) is 0. The summed E-state index contributed by atoms with van der Waals surface area (Å²) in [5, 5.41) is 8.27. The molecule has 2 aliphatic rings. The second-order valence-corrected chi connectivity index (χ2v) is 7.57. The summed E-state index contributed by atoms with van der Waals surface area (Å²) in [5.74, 6) is 2.29. The van der Waals surface area contributed by atoms with Crippen molar-refractivity contribution in [3.63, 3.8) is 0 Å². The van der Waals surface area contributed by atoms with Gasteiger partial charge in [-0.2, -0.15) is 4.98 Å². The molecule has 8 heteroatoms. The van der Waals surface area contributed by atoms with Crippen LogP contribution in [0.4, 0.5) is 0 Å². The van der Waals surface area contributed by atoms with Crippen molar-refractivity contribution >= 4 is 22.9 Å². The van der Waals surface area contributed by atoms with Gasteiger partial charge < -0.3 is 24.2 Å². The maximum atomic E-state index is 5.73.